The van der Waals surface area contributed by atoms with Crippen molar-refractivity contribution < 1.29 is 22.2 Å². The molecule has 1 rings (SSSR count). The highest BCUT2D eigenvalue weighted by Crippen LogP contribution is 2.21. The Hall–Kier alpha value is -0.679. The van der Waals surface area contributed by atoms with Gasteiger partial charge in [0.25, 0.3) is 0 Å². The summed E-state index contributed by atoms with van der Waals surface area (Å²) in [5.74, 6) is -0.380. The molecule has 0 radical (unpaired) electrons. The fourth-order valence-corrected chi connectivity index (χ4v) is 13.6. The maximum absolute atomic E-state index is 11.8. The van der Waals surface area contributed by atoms with Crippen LogP contribution in [0.25, 0.3) is 0 Å². The molecular weight excluding hydrogens is 332 g/mol. The molecule has 126 valence electrons. The number of furan rings is 1. The molecule has 0 aliphatic carbocycles. The first-order valence-corrected chi connectivity index (χ1v) is 16.7. The molecule has 0 unspecified atom stereocenters. The van der Waals surface area contributed by atoms with Crippen molar-refractivity contribution in [2.45, 2.75) is 52.8 Å². The van der Waals surface area contributed by atoms with Crippen LogP contribution in [0.5, 0.6) is 0 Å². The van der Waals surface area contributed by atoms with E-state index in [-0.39, 0.29) is 5.97 Å². The number of carbonyl (C=O) groups excluding carboxylic acids is 1. The van der Waals surface area contributed by atoms with E-state index in [0.29, 0.717) is 17.6 Å². The summed E-state index contributed by atoms with van der Waals surface area (Å²) in [7, 11) is -6.35. The summed E-state index contributed by atoms with van der Waals surface area (Å²) in [6.45, 7) is 16.9. The van der Waals surface area contributed by atoms with E-state index in [9.17, 15) is 4.79 Å². The van der Waals surface area contributed by atoms with Crippen LogP contribution in [0.2, 0.25) is 45.8 Å². The van der Waals surface area contributed by atoms with Gasteiger partial charge in [0.1, 0.15) is 11.6 Å². The summed E-state index contributed by atoms with van der Waals surface area (Å²) in [5.41, 5.74) is 0.411. The lowest BCUT2D eigenvalue weighted by Gasteiger charge is -2.36. The topological polar surface area (TPSA) is 57.9 Å². The van der Waals surface area contributed by atoms with E-state index in [1.807, 2.05) is 6.55 Å². The summed E-state index contributed by atoms with van der Waals surface area (Å²) in [6.07, 6.45) is 1.43. The Morgan fingerprint density at radius 1 is 1.05 bits per heavy atom. The fourth-order valence-electron chi connectivity index (χ4n) is 2.19. The molecule has 5 nitrogen and oxygen atoms in total. The largest absolute Gasteiger partial charge is 0.468 e. The maximum atomic E-state index is 11.8. The molecule has 0 aliphatic rings. The van der Waals surface area contributed by atoms with E-state index in [2.05, 4.69) is 39.3 Å². The molecule has 0 spiro atoms. The Labute approximate surface area is 136 Å². The normalized spacial score (nSPS) is 13.3. The minimum Gasteiger partial charge on any atom is -0.468 e. The predicted octanol–water partition coefficient (Wildman–Crippen LogP) is 3.44. The van der Waals surface area contributed by atoms with Crippen LogP contribution >= 0.6 is 0 Å². The minimum atomic E-state index is -2.70. The summed E-state index contributed by atoms with van der Waals surface area (Å²) in [6, 6.07) is 1.71. The van der Waals surface area contributed by atoms with Gasteiger partial charge in [-0.2, -0.15) is 0 Å². The highest BCUT2D eigenvalue weighted by Gasteiger charge is 2.45. The Kier molecular flexibility index (Phi) is 6.01. The van der Waals surface area contributed by atoms with E-state index >= 15 is 0 Å². The van der Waals surface area contributed by atoms with Gasteiger partial charge < -0.3 is 17.4 Å². The van der Waals surface area contributed by atoms with Crippen LogP contribution in [0.15, 0.2) is 16.7 Å². The molecule has 1 aromatic heterocycles. The number of hydrogen-bond donors (Lipinski definition) is 0. The molecule has 1 heterocycles. The molecule has 0 N–H and O–H groups in total. The summed E-state index contributed by atoms with van der Waals surface area (Å²) in [4.78, 5) is 11.8. The maximum Gasteiger partial charge on any atom is 0.385 e. The second kappa shape index (κ2) is 6.83. The second-order valence-corrected chi connectivity index (χ2v) is 19.8. The lowest BCUT2D eigenvalue weighted by molar-refractivity contribution is 0.0525. The van der Waals surface area contributed by atoms with Crippen LogP contribution in [-0.2, 0) is 13.0 Å². The highest BCUT2D eigenvalue weighted by molar-refractivity contribution is 6.93. The standard InChI is InChI=1S/C14H28O5Si3/c1-9-16-14(15)12-10-13(17-11-12)22(8,18-20(2,3)4)19-21(5,6)7/h10-11H,9H2,1-8H3. The quantitative estimate of drug-likeness (QED) is 0.551. The fraction of sp³-hybridized carbons (Fsp3) is 0.643. The lowest BCUT2D eigenvalue weighted by Crippen LogP contribution is -2.60. The van der Waals surface area contributed by atoms with Gasteiger partial charge in [0, 0.05) is 0 Å². The van der Waals surface area contributed by atoms with Gasteiger partial charge in [-0.1, -0.05) is 0 Å². The summed E-state index contributed by atoms with van der Waals surface area (Å²) in [5, 5.41) is 0.639. The third-order valence-electron chi connectivity index (χ3n) is 2.56. The molecule has 0 atom stereocenters. The van der Waals surface area contributed by atoms with E-state index in [1.165, 1.54) is 6.26 Å². The van der Waals surface area contributed by atoms with Crippen molar-refractivity contribution in [3.05, 3.63) is 17.9 Å². The second-order valence-electron chi connectivity index (χ2n) is 7.29. The van der Waals surface area contributed by atoms with Crippen LogP contribution in [0.3, 0.4) is 0 Å². The van der Waals surface area contributed by atoms with Crippen molar-refractivity contribution in [3.63, 3.8) is 0 Å². The van der Waals surface area contributed by atoms with Crippen LogP contribution in [0.1, 0.15) is 17.3 Å². The highest BCUT2D eigenvalue weighted by atomic mass is 28.5. The van der Waals surface area contributed by atoms with Gasteiger partial charge in [-0.25, -0.2) is 4.79 Å². The minimum absolute atomic E-state index is 0.338. The smallest absolute Gasteiger partial charge is 0.385 e. The van der Waals surface area contributed by atoms with Gasteiger partial charge in [-0.15, -0.1) is 0 Å². The third-order valence-corrected chi connectivity index (χ3v) is 11.7. The SMILES string of the molecule is CCOC(=O)c1coc([Si](C)(O[Si](C)(C)C)O[Si](C)(C)C)c1. The zero-order valence-electron chi connectivity index (χ0n) is 14.9. The number of hydrogen-bond acceptors (Lipinski definition) is 5. The number of esters is 1. The van der Waals surface area contributed by atoms with Crippen LogP contribution in [0.4, 0.5) is 0 Å². The van der Waals surface area contributed by atoms with Gasteiger partial charge in [0.05, 0.1) is 12.2 Å². The lowest BCUT2D eigenvalue weighted by atomic mass is 10.3. The zero-order chi connectivity index (χ0) is 17.2. The molecule has 22 heavy (non-hydrogen) atoms. The van der Waals surface area contributed by atoms with Crippen molar-refractivity contribution in [2.75, 3.05) is 6.61 Å². The monoisotopic (exact) mass is 360 g/mol. The summed E-state index contributed by atoms with van der Waals surface area (Å²) < 4.78 is 23.4. The van der Waals surface area contributed by atoms with Crippen molar-refractivity contribution >= 4 is 36.5 Å². The van der Waals surface area contributed by atoms with Crippen molar-refractivity contribution in [2.24, 2.45) is 0 Å². The average Bonchev–Trinajstić information content (AvgIpc) is 2.73. The van der Waals surface area contributed by atoms with E-state index in [0.717, 1.165) is 0 Å². The van der Waals surface area contributed by atoms with Gasteiger partial charge >= 0.3 is 14.5 Å². The molecule has 0 aromatic carbocycles. The summed E-state index contributed by atoms with van der Waals surface area (Å²) >= 11 is 0. The van der Waals surface area contributed by atoms with Crippen molar-refractivity contribution in [1.82, 2.24) is 0 Å². The van der Waals surface area contributed by atoms with Crippen molar-refractivity contribution in [3.8, 4) is 0 Å². The van der Waals surface area contributed by atoms with E-state index in [1.54, 1.807) is 13.0 Å². The molecule has 0 bridgehead atoms. The van der Waals surface area contributed by atoms with Crippen molar-refractivity contribution in [1.29, 1.82) is 0 Å². The van der Waals surface area contributed by atoms with E-state index in [4.69, 9.17) is 17.4 Å². The van der Waals surface area contributed by atoms with Crippen LogP contribution < -0.4 is 5.38 Å². The molecule has 0 fully saturated rings. The van der Waals surface area contributed by atoms with Crippen LogP contribution in [-0.4, -0.2) is 37.8 Å². The Morgan fingerprint density at radius 3 is 1.95 bits per heavy atom. The van der Waals surface area contributed by atoms with Gasteiger partial charge in [-0.3, -0.25) is 0 Å². The first-order valence-electron chi connectivity index (χ1n) is 7.53. The molecule has 8 heteroatoms. The first kappa shape index (κ1) is 19.4. The molecule has 0 saturated heterocycles. The van der Waals surface area contributed by atoms with Gasteiger partial charge in [0.2, 0.25) is 0 Å². The molecular formula is C14H28O5Si3. The number of carbonyl (C=O) groups is 1. The number of rotatable bonds is 7. The molecule has 0 saturated carbocycles. The zero-order valence-corrected chi connectivity index (χ0v) is 17.9. The van der Waals surface area contributed by atoms with Gasteiger partial charge in [0.15, 0.2) is 16.6 Å². The molecule has 0 aliphatic heterocycles. The Morgan fingerprint density at radius 2 is 1.55 bits per heavy atom. The first-order chi connectivity index (χ1) is 9.86. The molecule has 0 amide bonds. The van der Waals surface area contributed by atoms with E-state index < -0.39 is 25.2 Å². The Bertz CT molecular complexity index is 497. The van der Waals surface area contributed by atoms with Gasteiger partial charge in [-0.05, 0) is 58.8 Å². The Balaban J connectivity index is 3.14. The number of ether oxygens (including phenoxy) is 1. The van der Waals surface area contributed by atoms with Crippen LogP contribution in [0, 0.1) is 0 Å². The average molecular weight is 361 g/mol. The predicted molar refractivity (Wildman–Crippen MR) is 94.8 cm³/mol. The third kappa shape index (κ3) is 5.84. The molecule has 1 aromatic rings.